The third kappa shape index (κ3) is 2.45. The molecule has 0 saturated heterocycles. The zero-order valence-corrected chi connectivity index (χ0v) is 18.1. The van der Waals surface area contributed by atoms with Gasteiger partial charge < -0.3 is 24.8 Å². The van der Waals surface area contributed by atoms with E-state index < -0.39 is 31.3 Å². The number of fused-ring (bicyclic) bond motifs is 2. The van der Waals surface area contributed by atoms with Crippen molar-refractivity contribution in [3.05, 3.63) is 39.2 Å². The second-order valence-corrected chi connectivity index (χ2v) is 14.5. The summed E-state index contributed by atoms with van der Waals surface area (Å²) in [6.07, 6.45) is 2.65. The molecule has 0 radical (unpaired) electrons. The minimum absolute atomic E-state index is 0. The summed E-state index contributed by atoms with van der Waals surface area (Å²) in [7, 11) is -1.43. The summed E-state index contributed by atoms with van der Waals surface area (Å²) in [4.78, 5) is 0. The summed E-state index contributed by atoms with van der Waals surface area (Å²) in [5, 5.41) is 3.63. The van der Waals surface area contributed by atoms with E-state index in [2.05, 4.69) is 40.8 Å². The van der Waals surface area contributed by atoms with Crippen LogP contribution in [0.4, 0.5) is 0 Å². The molecule has 0 fully saturated rings. The Morgan fingerprint density at radius 3 is 1.45 bits per heavy atom. The second-order valence-electron chi connectivity index (χ2n) is 6.62. The molecule has 0 N–H and O–H groups in total. The van der Waals surface area contributed by atoms with Gasteiger partial charge in [-0.1, -0.05) is 0 Å². The van der Waals surface area contributed by atoms with E-state index in [0.29, 0.717) is 0 Å². The van der Waals surface area contributed by atoms with Gasteiger partial charge in [0.2, 0.25) is 0 Å². The number of hydrogen-bond donors (Lipinski definition) is 0. The van der Waals surface area contributed by atoms with Gasteiger partial charge in [0.05, 0.1) is 0 Å². The van der Waals surface area contributed by atoms with E-state index in [0.717, 1.165) is 0 Å². The fraction of sp³-hybridized carbons (Fsp3) is 0.500. The minimum Gasteiger partial charge on any atom is -1.00 e. The van der Waals surface area contributed by atoms with Crippen LogP contribution in [-0.4, -0.2) is 8.07 Å². The third-order valence-electron chi connectivity index (χ3n) is 4.94. The van der Waals surface area contributed by atoms with Crippen LogP contribution in [0.2, 0.25) is 13.1 Å². The van der Waals surface area contributed by atoms with Crippen LogP contribution < -0.4 is 24.8 Å². The fourth-order valence-electron chi connectivity index (χ4n) is 4.50. The van der Waals surface area contributed by atoms with E-state index >= 15 is 0 Å². The van der Waals surface area contributed by atoms with Gasteiger partial charge in [0.1, 0.15) is 0 Å². The number of allylic oxidation sites excluding steroid dienone is 8. The molecule has 2 aliphatic carbocycles. The topological polar surface area (TPSA) is 0 Å². The smallest absolute Gasteiger partial charge is 1.00 e. The summed E-state index contributed by atoms with van der Waals surface area (Å²) >= 11 is -0.457. The van der Waals surface area contributed by atoms with E-state index in [4.69, 9.17) is 0 Å². The molecule has 3 rings (SSSR count). The van der Waals surface area contributed by atoms with Crippen molar-refractivity contribution >= 4 is 8.07 Å². The van der Waals surface area contributed by atoms with E-state index in [1.165, 1.54) is 12.8 Å². The summed E-state index contributed by atoms with van der Waals surface area (Å²) in [6.45, 7) is 14.8. The van der Waals surface area contributed by atoms with Crippen LogP contribution >= 0.6 is 0 Å². The second kappa shape index (κ2) is 6.03. The number of halogens is 2. The zero-order valence-electron chi connectivity index (χ0n) is 13.2. The molecule has 4 heteroatoms. The monoisotopic (exact) mass is 402 g/mol. The molecule has 0 amide bonds. The molecule has 20 heavy (non-hydrogen) atoms. The van der Waals surface area contributed by atoms with Crippen molar-refractivity contribution in [3.8, 4) is 0 Å². The van der Waals surface area contributed by atoms with Crippen molar-refractivity contribution in [1.82, 2.24) is 0 Å². The molecule has 0 aromatic heterocycles. The summed E-state index contributed by atoms with van der Waals surface area (Å²) < 4.78 is 3.77. The zero-order chi connectivity index (χ0) is 13.2. The predicted octanol–water partition coefficient (Wildman–Crippen LogP) is -1.13. The van der Waals surface area contributed by atoms with Crippen LogP contribution in [0.3, 0.4) is 0 Å². The van der Waals surface area contributed by atoms with Gasteiger partial charge in [-0.15, -0.1) is 0 Å². The Morgan fingerprint density at radius 2 is 1.10 bits per heavy atom. The van der Waals surface area contributed by atoms with Crippen molar-refractivity contribution in [3.63, 3.8) is 0 Å². The van der Waals surface area contributed by atoms with Crippen molar-refractivity contribution < 1.29 is 48.0 Å². The normalized spacial score (nSPS) is 22.9. The first-order valence-corrected chi connectivity index (χ1v) is 12.4. The van der Waals surface area contributed by atoms with Crippen molar-refractivity contribution in [2.24, 2.45) is 0 Å². The Balaban J connectivity index is 0.000001000. The number of rotatable bonds is 0. The Morgan fingerprint density at radius 1 is 0.750 bits per heavy atom. The molecule has 3 aliphatic rings. The predicted molar refractivity (Wildman–Crippen MR) is 77.5 cm³/mol. The van der Waals surface area contributed by atoms with E-state index in [-0.39, 0.29) is 24.8 Å². The van der Waals surface area contributed by atoms with Crippen LogP contribution in [0.15, 0.2) is 39.2 Å². The molecule has 0 unspecified atom stereocenters. The average molecular weight is 405 g/mol. The van der Waals surface area contributed by atoms with Crippen LogP contribution in [0.5, 0.6) is 0 Å². The first-order chi connectivity index (χ1) is 8.34. The SMILES string of the molecule is CC1=C2C(C)=[C](C1)[Zr+2][C]1=C(C)C(=C(C)C1)[Si]2(C)C.[Cl-].[Cl-]. The Kier molecular flexibility index (Phi) is 5.63. The number of hydrogen-bond acceptors (Lipinski definition) is 0. The molecule has 0 nitrogen and oxygen atoms in total. The van der Waals surface area contributed by atoms with Crippen molar-refractivity contribution in [2.45, 2.75) is 53.6 Å². The molecular weight excluding hydrogens is 382 g/mol. The fourth-order valence-corrected chi connectivity index (χ4v) is 14.0. The Labute approximate surface area is 148 Å². The summed E-state index contributed by atoms with van der Waals surface area (Å²) in [5.41, 5.74) is 6.88. The van der Waals surface area contributed by atoms with Crippen LogP contribution in [-0.2, 0) is 23.2 Å². The quantitative estimate of drug-likeness (QED) is 0.448. The molecule has 0 saturated carbocycles. The molecule has 0 aromatic carbocycles. The molecule has 108 valence electrons. The minimum atomic E-state index is -1.43. The summed E-state index contributed by atoms with van der Waals surface area (Å²) in [6, 6.07) is 0. The van der Waals surface area contributed by atoms with Gasteiger partial charge in [-0.3, -0.25) is 0 Å². The largest absolute Gasteiger partial charge is 1.00 e. The van der Waals surface area contributed by atoms with Crippen LogP contribution in [0, 0.1) is 0 Å². The van der Waals surface area contributed by atoms with Gasteiger partial charge in [0.15, 0.2) is 0 Å². The molecule has 1 aliphatic heterocycles. The average Bonchev–Trinajstić information content (AvgIpc) is 2.67. The molecule has 0 spiro atoms. The van der Waals surface area contributed by atoms with Crippen LogP contribution in [0.25, 0.3) is 0 Å². The van der Waals surface area contributed by atoms with Crippen LogP contribution in [0.1, 0.15) is 40.5 Å². The van der Waals surface area contributed by atoms with E-state index in [1.807, 2.05) is 17.0 Å². The Bertz CT molecular complexity index is 542. The van der Waals surface area contributed by atoms with Gasteiger partial charge in [-0.05, 0) is 0 Å². The van der Waals surface area contributed by atoms with E-state index in [9.17, 15) is 0 Å². The standard InChI is InChI=1S/C16H22Si.2ClH.Zr/c1-11-7-8-12(2)15(11)17(5,6)16-13(3)9-10-14(16)4;;;/h7,9H2,1-6H3;2*1H;/q;;;+2/p-2. The first-order valence-electron chi connectivity index (χ1n) is 6.91. The van der Waals surface area contributed by atoms with Gasteiger partial charge in [0, 0.05) is 0 Å². The van der Waals surface area contributed by atoms with Gasteiger partial charge in [-0.2, -0.15) is 0 Å². The van der Waals surface area contributed by atoms with Gasteiger partial charge in [-0.25, -0.2) is 0 Å². The maximum atomic E-state index is 2.58. The molecule has 4 bridgehead atoms. The molecule has 0 aromatic rings. The molecular formula is C16H22Cl2SiZr. The van der Waals surface area contributed by atoms with Gasteiger partial charge >= 0.3 is 124 Å². The van der Waals surface area contributed by atoms with E-state index in [1.54, 1.807) is 22.3 Å². The first kappa shape index (κ1) is 18.7. The summed E-state index contributed by atoms with van der Waals surface area (Å²) in [5.74, 6) is 0. The van der Waals surface area contributed by atoms with Crippen molar-refractivity contribution in [2.75, 3.05) is 0 Å². The van der Waals surface area contributed by atoms with Gasteiger partial charge in [0.25, 0.3) is 0 Å². The third-order valence-corrected chi connectivity index (χ3v) is 13.2. The maximum Gasteiger partial charge on any atom is -1.00 e. The molecule has 0 atom stereocenters. The maximum absolute atomic E-state index is 2.58. The molecule has 1 heterocycles. The van der Waals surface area contributed by atoms with Crippen molar-refractivity contribution in [1.29, 1.82) is 0 Å². The Hall–Kier alpha value is 0.640.